The number of nitrogens with one attached hydrogen (secondary N) is 1. The van der Waals surface area contributed by atoms with E-state index in [1.807, 2.05) is 6.07 Å². The van der Waals surface area contributed by atoms with Crippen LogP contribution in [0.5, 0.6) is 5.75 Å². The molecule has 1 aromatic rings. The minimum absolute atomic E-state index is 0.508. The zero-order chi connectivity index (χ0) is 15.4. The highest BCUT2D eigenvalue weighted by Crippen LogP contribution is 2.40. The van der Waals surface area contributed by atoms with Crippen LogP contribution >= 0.6 is 11.6 Å². The van der Waals surface area contributed by atoms with Crippen molar-refractivity contribution in [3.05, 3.63) is 28.8 Å². The van der Waals surface area contributed by atoms with Crippen molar-refractivity contribution in [3.63, 3.8) is 0 Å². The quantitative estimate of drug-likeness (QED) is 0.910. The second kappa shape index (κ2) is 7.67. The van der Waals surface area contributed by atoms with Crippen molar-refractivity contribution < 1.29 is 4.74 Å². The summed E-state index contributed by atoms with van der Waals surface area (Å²) in [5.74, 6) is 1.56. The SMILES string of the molecule is COc1cc([C@@H](C2CCCCC2)N2CCNCC2)ccc1Cl. The van der Waals surface area contributed by atoms with Gasteiger partial charge in [-0.05, 0) is 36.5 Å². The molecule has 1 atom stereocenters. The second-order valence-corrected chi connectivity index (χ2v) is 6.93. The molecule has 1 aromatic carbocycles. The van der Waals surface area contributed by atoms with Gasteiger partial charge in [0, 0.05) is 32.2 Å². The smallest absolute Gasteiger partial charge is 0.137 e. The van der Waals surface area contributed by atoms with E-state index in [0.717, 1.165) is 37.8 Å². The van der Waals surface area contributed by atoms with Gasteiger partial charge in [-0.15, -0.1) is 0 Å². The van der Waals surface area contributed by atoms with Crippen LogP contribution in [0.4, 0.5) is 0 Å². The lowest BCUT2D eigenvalue weighted by molar-refractivity contribution is 0.103. The van der Waals surface area contributed by atoms with Crippen LogP contribution in [0.3, 0.4) is 0 Å². The normalized spacial score (nSPS) is 22.5. The van der Waals surface area contributed by atoms with Gasteiger partial charge < -0.3 is 10.1 Å². The molecular formula is C18H27ClN2O. The Labute approximate surface area is 139 Å². The van der Waals surface area contributed by atoms with Gasteiger partial charge in [0.1, 0.15) is 5.75 Å². The molecule has 22 heavy (non-hydrogen) atoms. The van der Waals surface area contributed by atoms with E-state index < -0.39 is 0 Å². The summed E-state index contributed by atoms with van der Waals surface area (Å²) < 4.78 is 5.45. The lowest BCUT2D eigenvalue weighted by atomic mass is 9.80. The van der Waals surface area contributed by atoms with Gasteiger partial charge in [0.05, 0.1) is 12.1 Å². The third-order valence-corrected chi connectivity index (χ3v) is 5.47. The standard InChI is InChI=1S/C18H27ClN2O/c1-22-17-13-15(7-8-16(17)19)18(14-5-3-2-4-6-14)21-11-9-20-10-12-21/h7-8,13-14,18,20H,2-6,9-12H2,1H3/t18-/m1/s1. The number of methoxy groups -OCH3 is 1. The fraction of sp³-hybridized carbons (Fsp3) is 0.667. The van der Waals surface area contributed by atoms with E-state index in [4.69, 9.17) is 16.3 Å². The highest BCUT2D eigenvalue weighted by Gasteiger charge is 2.31. The zero-order valence-electron chi connectivity index (χ0n) is 13.5. The molecule has 2 fully saturated rings. The Hall–Kier alpha value is -0.770. The minimum atomic E-state index is 0.508. The largest absolute Gasteiger partial charge is 0.495 e. The van der Waals surface area contributed by atoms with E-state index in [0.29, 0.717) is 11.1 Å². The van der Waals surface area contributed by atoms with Crippen LogP contribution in [-0.2, 0) is 0 Å². The fourth-order valence-electron chi connectivity index (χ4n) is 4.05. The van der Waals surface area contributed by atoms with Crippen molar-refractivity contribution in [2.75, 3.05) is 33.3 Å². The molecule has 122 valence electrons. The van der Waals surface area contributed by atoms with Gasteiger partial charge in [0.25, 0.3) is 0 Å². The van der Waals surface area contributed by atoms with Crippen LogP contribution in [0.2, 0.25) is 5.02 Å². The van der Waals surface area contributed by atoms with Gasteiger partial charge in [-0.1, -0.05) is 36.9 Å². The van der Waals surface area contributed by atoms with Crippen LogP contribution in [0.1, 0.15) is 43.7 Å². The molecule has 2 aliphatic rings. The van der Waals surface area contributed by atoms with E-state index in [1.54, 1.807) is 7.11 Å². The van der Waals surface area contributed by atoms with Gasteiger partial charge in [0.2, 0.25) is 0 Å². The van der Waals surface area contributed by atoms with Gasteiger partial charge in [-0.25, -0.2) is 0 Å². The van der Waals surface area contributed by atoms with Crippen molar-refractivity contribution in [2.24, 2.45) is 5.92 Å². The molecule has 0 bridgehead atoms. The summed E-state index contributed by atoms with van der Waals surface area (Å²) in [6.45, 7) is 4.44. The van der Waals surface area contributed by atoms with Crippen LogP contribution in [0.15, 0.2) is 18.2 Å². The maximum atomic E-state index is 6.22. The lowest BCUT2D eigenvalue weighted by Gasteiger charge is -2.41. The molecule has 4 heteroatoms. The van der Waals surface area contributed by atoms with Crippen LogP contribution in [0, 0.1) is 5.92 Å². The number of hydrogen-bond donors (Lipinski definition) is 1. The summed E-state index contributed by atoms with van der Waals surface area (Å²) in [5, 5.41) is 4.17. The zero-order valence-corrected chi connectivity index (χ0v) is 14.2. The maximum absolute atomic E-state index is 6.22. The van der Waals surface area contributed by atoms with Crippen LogP contribution in [-0.4, -0.2) is 38.2 Å². The second-order valence-electron chi connectivity index (χ2n) is 6.52. The topological polar surface area (TPSA) is 24.5 Å². The monoisotopic (exact) mass is 322 g/mol. The molecule has 1 aliphatic carbocycles. The number of hydrogen-bond acceptors (Lipinski definition) is 3. The molecule has 0 aromatic heterocycles. The van der Waals surface area contributed by atoms with E-state index in [-0.39, 0.29) is 0 Å². The predicted octanol–water partition coefficient (Wildman–Crippen LogP) is 3.88. The highest BCUT2D eigenvalue weighted by atomic mass is 35.5. The Balaban J connectivity index is 1.89. The van der Waals surface area contributed by atoms with Crippen molar-refractivity contribution in [1.29, 1.82) is 0 Å². The summed E-state index contributed by atoms with van der Waals surface area (Å²) in [6, 6.07) is 6.86. The number of ether oxygens (including phenoxy) is 1. The Morgan fingerprint density at radius 2 is 1.91 bits per heavy atom. The molecule has 1 heterocycles. The molecular weight excluding hydrogens is 296 g/mol. The Morgan fingerprint density at radius 3 is 2.59 bits per heavy atom. The lowest BCUT2D eigenvalue weighted by Crippen LogP contribution is -2.47. The third-order valence-electron chi connectivity index (χ3n) is 5.16. The van der Waals surface area contributed by atoms with Gasteiger partial charge in [0.15, 0.2) is 0 Å². The molecule has 1 saturated heterocycles. The summed E-state index contributed by atoms with van der Waals surface area (Å²) in [7, 11) is 1.70. The van der Waals surface area contributed by atoms with E-state index in [1.165, 1.54) is 37.7 Å². The summed E-state index contributed by atoms with van der Waals surface area (Å²) in [5.41, 5.74) is 1.37. The molecule has 0 radical (unpaired) electrons. The Kier molecular flexibility index (Phi) is 5.61. The van der Waals surface area contributed by atoms with Gasteiger partial charge >= 0.3 is 0 Å². The van der Waals surface area contributed by atoms with Crippen molar-refractivity contribution >= 4 is 11.6 Å². The summed E-state index contributed by atoms with van der Waals surface area (Å²) in [4.78, 5) is 2.66. The molecule has 1 saturated carbocycles. The average Bonchev–Trinajstić information content (AvgIpc) is 2.58. The summed E-state index contributed by atoms with van der Waals surface area (Å²) >= 11 is 6.22. The number of halogens is 1. The number of piperazine rings is 1. The molecule has 1 N–H and O–H groups in total. The number of benzene rings is 1. The van der Waals surface area contributed by atoms with E-state index in [9.17, 15) is 0 Å². The first-order valence-electron chi connectivity index (χ1n) is 8.58. The molecule has 0 spiro atoms. The highest BCUT2D eigenvalue weighted by molar-refractivity contribution is 6.32. The maximum Gasteiger partial charge on any atom is 0.137 e. The summed E-state index contributed by atoms with van der Waals surface area (Å²) in [6.07, 6.45) is 6.84. The third kappa shape index (κ3) is 3.58. The van der Waals surface area contributed by atoms with E-state index in [2.05, 4.69) is 22.3 Å². The van der Waals surface area contributed by atoms with E-state index >= 15 is 0 Å². The fourth-order valence-corrected chi connectivity index (χ4v) is 4.25. The molecule has 1 aliphatic heterocycles. The molecule has 3 rings (SSSR count). The first-order chi connectivity index (χ1) is 10.8. The molecule has 3 nitrogen and oxygen atoms in total. The van der Waals surface area contributed by atoms with Gasteiger partial charge in [-0.3, -0.25) is 4.90 Å². The molecule has 0 amide bonds. The first-order valence-corrected chi connectivity index (χ1v) is 8.95. The predicted molar refractivity (Wildman–Crippen MR) is 91.8 cm³/mol. The van der Waals surface area contributed by atoms with Crippen LogP contribution in [0.25, 0.3) is 0 Å². The number of rotatable bonds is 4. The average molecular weight is 323 g/mol. The number of nitrogens with zero attached hydrogens (tertiary/aromatic N) is 1. The molecule has 0 unspecified atom stereocenters. The first kappa shape index (κ1) is 16.1. The van der Waals surface area contributed by atoms with Crippen molar-refractivity contribution in [2.45, 2.75) is 38.1 Å². The Morgan fingerprint density at radius 1 is 1.18 bits per heavy atom. The van der Waals surface area contributed by atoms with Crippen molar-refractivity contribution in [1.82, 2.24) is 10.2 Å². The van der Waals surface area contributed by atoms with Crippen LogP contribution < -0.4 is 10.1 Å². The minimum Gasteiger partial charge on any atom is -0.495 e. The Bertz CT molecular complexity index is 464. The van der Waals surface area contributed by atoms with Gasteiger partial charge in [-0.2, -0.15) is 0 Å². The van der Waals surface area contributed by atoms with Crippen molar-refractivity contribution in [3.8, 4) is 5.75 Å².